The van der Waals surface area contributed by atoms with Gasteiger partial charge in [0.1, 0.15) is 12.4 Å². The molecule has 1 aromatic rings. The fourth-order valence-electron chi connectivity index (χ4n) is 1.53. The number of primary amides is 1. The summed E-state index contributed by atoms with van der Waals surface area (Å²) in [6.45, 7) is 2.47. The van der Waals surface area contributed by atoms with E-state index >= 15 is 0 Å². The van der Waals surface area contributed by atoms with Crippen LogP contribution in [0.1, 0.15) is 0 Å². The molecule has 2 N–H and O–H groups in total. The van der Waals surface area contributed by atoms with Gasteiger partial charge in [-0.2, -0.15) is 0 Å². The second-order valence-corrected chi connectivity index (χ2v) is 4.47. The van der Waals surface area contributed by atoms with Crippen molar-refractivity contribution >= 4 is 17.5 Å². The van der Waals surface area contributed by atoms with E-state index in [0.717, 1.165) is 5.75 Å². The molecule has 0 aliphatic heterocycles. The molecule has 0 spiro atoms. The van der Waals surface area contributed by atoms with E-state index < -0.39 is 0 Å². The van der Waals surface area contributed by atoms with Crippen LogP contribution in [-0.4, -0.2) is 50.8 Å². The summed E-state index contributed by atoms with van der Waals surface area (Å²) in [5, 5.41) is 0.669. The van der Waals surface area contributed by atoms with Gasteiger partial charge in [-0.1, -0.05) is 11.6 Å². The van der Waals surface area contributed by atoms with Crippen LogP contribution >= 0.6 is 11.6 Å². The molecule has 6 heteroatoms. The number of hydrogen-bond donors (Lipinski definition) is 1. The highest BCUT2D eigenvalue weighted by Crippen LogP contribution is 2.15. The number of rotatable bonds is 9. The SMILES string of the molecule is COCCN(CCOc1ccc(Cl)cc1)CC(N)=O. The van der Waals surface area contributed by atoms with Crippen molar-refractivity contribution < 1.29 is 14.3 Å². The average Bonchev–Trinajstić information content (AvgIpc) is 2.37. The van der Waals surface area contributed by atoms with E-state index in [1.165, 1.54) is 0 Å². The third-order valence-corrected chi connectivity index (χ3v) is 2.73. The minimum absolute atomic E-state index is 0.202. The van der Waals surface area contributed by atoms with Gasteiger partial charge in [-0.3, -0.25) is 9.69 Å². The van der Waals surface area contributed by atoms with E-state index in [2.05, 4.69) is 0 Å². The highest BCUT2D eigenvalue weighted by molar-refractivity contribution is 6.30. The number of carbonyl (C=O) groups is 1. The van der Waals surface area contributed by atoms with Crippen molar-refractivity contribution in [3.8, 4) is 5.75 Å². The first-order valence-electron chi connectivity index (χ1n) is 6.00. The van der Waals surface area contributed by atoms with E-state index in [-0.39, 0.29) is 12.5 Å². The Bertz CT molecular complexity index is 384. The van der Waals surface area contributed by atoms with Crippen molar-refractivity contribution in [2.24, 2.45) is 5.73 Å². The number of ether oxygens (including phenoxy) is 2. The van der Waals surface area contributed by atoms with Crippen LogP contribution in [0, 0.1) is 0 Å². The maximum absolute atomic E-state index is 10.9. The highest BCUT2D eigenvalue weighted by atomic mass is 35.5. The molecule has 0 unspecified atom stereocenters. The van der Waals surface area contributed by atoms with Gasteiger partial charge in [0.15, 0.2) is 0 Å². The second-order valence-electron chi connectivity index (χ2n) is 4.04. The van der Waals surface area contributed by atoms with Crippen molar-refractivity contribution in [3.63, 3.8) is 0 Å². The number of benzene rings is 1. The lowest BCUT2D eigenvalue weighted by Gasteiger charge is -2.20. The zero-order valence-corrected chi connectivity index (χ0v) is 11.7. The van der Waals surface area contributed by atoms with Gasteiger partial charge < -0.3 is 15.2 Å². The van der Waals surface area contributed by atoms with Crippen LogP contribution in [0.4, 0.5) is 0 Å². The molecule has 0 aliphatic rings. The standard InChI is InChI=1S/C13H19ClN2O3/c1-18-8-6-16(10-13(15)17)7-9-19-12-4-2-11(14)3-5-12/h2-5H,6-10H2,1H3,(H2,15,17). The predicted molar refractivity (Wildman–Crippen MR) is 74.5 cm³/mol. The van der Waals surface area contributed by atoms with Crippen LogP contribution in [0.25, 0.3) is 0 Å². The van der Waals surface area contributed by atoms with Gasteiger partial charge in [0.2, 0.25) is 5.91 Å². The number of methoxy groups -OCH3 is 1. The molecule has 0 aromatic heterocycles. The molecule has 0 fully saturated rings. The van der Waals surface area contributed by atoms with Gasteiger partial charge in [-0.25, -0.2) is 0 Å². The first kappa shape index (κ1) is 15.8. The largest absolute Gasteiger partial charge is 0.492 e. The zero-order chi connectivity index (χ0) is 14.1. The van der Waals surface area contributed by atoms with Gasteiger partial charge in [0.05, 0.1) is 13.2 Å². The Morgan fingerprint density at radius 2 is 1.89 bits per heavy atom. The highest BCUT2D eigenvalue weighted by Gasteiger charge is 2.08. The third kappa shape index (κ3) is 7.00. The molecular formula is C13H19ClN2O3. The zero-order valence-electron chi connectivity index (χ0n) is 11.0. The number of nitrogens with zero attached hydrogens (tertiary/aromatic N) is 1. The minimum Gasteiger partial charge on any atom is -0.492 e. The predicted octanol–water partition coefficient (Wildman–Crippen LogP) is 1.15. The summed E-state index contributed by atoms with van der Waals surface area (Å²) >= 11 is 5.78. The molecule has 0 saturated carbocycles. The average molecular weight is 287 g/mol. The molecule has 1 amide bonds. The fourth-order valence-corrected chi connectivity index (χ4v) is 1.66. The topological polar surface area (TPSA) is 64.8 Å². The van der Waals surface area contributed by atoms with Gasteiger partial charge in [0.25, 0.3) is 0 Å². The third-order valence-electron chi connectivity index (χ3n) is 2.48. The summed E-state index contributed by atoms with van der Waals surface area (Å²) in [7, 11) is 1.62. The maximum atomic E-state index is 10.9. The van der Waals surface area contributed by atoms with Crippen molar-refractivity contribution in [3.05, 3.63) is 29.3 Å². The minimum atomic E-state index is -0.359. The van der Waals surface area contributed by atoms with Crippen LogP contribution in [-0.2, 0) is 9.53 Å². The smallest absolute Gasteiger partial charge is 0.231 e. The molecule has 0 heterocycles. The Morgan fingerprint density at radius 3 is 2.47 bits per heavy atom. The number of hydrogen-bond acceptors (Lipinski definition) is 4. The summed E-state index contributed by atoms with van der Waals surface area (Å²) in [5.41, 5.74) is 5.19. The quantitative estimate of drug-likeness (QED) is 0.740. The van der Waals surface area contributed by atoms with Gasteiger partial charge >= 0.3 is 0 Å². The lowest BCUT2D eigenvalue weighted by molar-refractivity contribution is -0.119. The number of amides is 1. The molecule has 0 saturated heterocycles. The number of nitrogens with two attached hydrogens (primary N) is 1. The Balaban J connectivity index is 2.34. The van der Waals surface area contributed by atoms with Crippen LogP contribution in [0.5, 0.6) is 5.75 Å². The normalized spacial score (nSPS) is 10.7. The van der Waals surface area contributed by atoms with E-state index in [9.17, 15) is 4.79 Å². The molecular weight excluding hydrogens is 268 g/mol. The monoisotopic (exact) mass is 286 g/mol. The molecule has 0 aliphatic carbocycles. The van der Waals surface area contributed by atoms with E-state index in [1.54, 1.807) is 31.4 Å². The van der Waals surface area contributed by atoms with Gasteiger partial charge in [0, 0.05) is 25.2 Å². The van der Waals surface area contributed by atoms with Gasteiger partial charge in [-0.15, -0.1) is 0 Å². The molecule has 19 heavy (non-hydrogen) atoms. The van der Waals surface area contributed by atoms with Gasteiger partial charge in [-0.05, 0) is 24.3 Å². The summed E-state index contributed by atoms with van der Waals surface area (Å²) in [6, 6.07) is 7.14. The molecule has 1 aromatic carbocycles. The van der Waals surface area contributed by atoms with Crippen LogP contribution < -0.4 is 10.5 Å². The molecule has 0 bridgehead atoms. The molecule has 1 rings (SSSR count). The fraction of sp³-hybridized carbons (Fsp3) is 0.462. The van der Waals surface area contributed by atoms with Crippen molar-refractivity contribution in [1.29, 1.82) is 0 Å². The van der Waals surface area contributed by atoms with Crippen molar-refractivity contribution in [2.45, 2.75) is 0 Å². The first-order chi connectivity index (χ1) is 9.11. The summed E-state index contributed by atoms with van der Waals surface area (Å²) in [6.07, 6.45) is 0. The summed E-state index contributed by atoms with van der Waals surface area (Å²) in [4.78, 5) is 12.8. The summed E-state index contributed by atoms with van der Waals surface area (Å²) in [5.74, 6) is 0.387. The molecule has 0 atom stereocenters. The Labute approximate surface area is 118 Å². The van der Waals surface area contributed by atoms with E-state index in [4.69, 9.17) is 26.8 Å². The van der Waals surface area contributed by atoms with E-state index in [0.29, 0.717) is 31.3 Å². The maximum Gasteiger partial charge on any atom is 0.231 e. The lowest BCUT2D eigenvalue weighted by atomic mass is 10.3. The second kappa shape index (κ2) is 8.74. The van der Waals surface area contributed by atoms with Crippen molar-refractivity contribution in [1.82, 2.24) is 4.90 Å². The Hall–Kier alpha value is -1.30. The van der Waals surface area contributed by atoms with Crippen LogP contribution in [0.15, 0.2) is 24.3 Å². The van der Waals surface area contributed by atoms with E-state index in [1.807, 2.05) is 4.90 Å². The number of halogens is 1. The van der Waals surface area contributed by atoms with Crippen LogP contribution in [0.3, 0.4) is 0 Å². The summed E-state index contributed by atoms with van der Waals surface area (Å²) < 4.78 is 10.5. The molecule has 0 radical (unpaired) electrons. The first-order valence-corrected chi connectivity index (χ1v) is 6.37. The Kier molecular flexibility index (Phi) is 7.25. The molecule has 5 nitrogen and oxygen atoms in total. The lowest BCUT2D eigenvalue weighted by Crippen LogP contribution is -2.38. The molecule has 106 valence electrons. The van der Waals surface area contributed by atoms with Crippen LogP contribution in [0.2, 0.25) is 5.02 Å². The number of carbonyl (C=O) groups excluding carboxylic acids is 1. The van der Waals surface area contributed by atoms with Crippen molar-refractivity contribution in [2.75, 3.05) is 40.0 Å². The Morgan fingerprint density at radius 1 is 1.26 bits per heavy atom.